The van der Waals surface area contributed by atoms with Gasteiger partial charge in [0.05, 0.1) is 10.6 Å². The highest BCUT2D eigenvalue weighted by Crippen LogP contribution is 2.34. The number of aromatic nitrogens is 2. The van der Waals surface area contributed by atoms with Crippen molar-refractivity contribution in [1.82, 2.24) is 20.0 Å². The second-order valence-corrected chi connectivity index (χ2v) is 9.03. The minimum absolute atomic E-state index is 0.0300. The molecule has 0 radical (unpaired) electrons. The van der Waals surface area contributed by atoms with E-state index in [-0.39, 0.29) is 17.6 Å². The summed E-state index contributed by atoms with van der Waals surface area (Å²) in [4.78, 5) is 29.5. The molecule has 30 heavy (non-hydrogen) atoms. The lowest BCUT2D eigenvalue weighted by Crippen LogP contribution is -2.34. The van der Waals surface area contributed by atoms with Crippen LogP contribution < -0.4 is 0 Å². The average Bonchev–Trinajstić information content (AvgIpc) is 3.33. The van der Waals surface area contributed by atoms with Gasteiger partial charge in [0.2, 0.25) is 0 Å². The molecule has 2 aliphatic rings. The summed E-state index contributed by atoms with van der Waals surface area (Å²) in [7, 11) is 0. The van der Waals surface area contributed by atoms with Crippen molar-refractivity contribution in [1.29, 1.82) is 0 Å². The monoisotopic (exact) mass is 430 g/mol. The summed E-state index contributed by atoms with van der Waals surface area (Å²) in [6.07, 6.45) is 1.71. The van der Waals surface area contributed by atoms with Crippen molar-refractivity contribution >= 4 is 23.4 Å². The molecule has 2 saturated heterocycles. The Labute approximate surface area is 181 Å². The third-order valence-electron chi connectivity index (χ3n) is 6.31. The number of carbonyl (C=O) groups is 2. The first-order valence-corrected chi connectivity index (χ1v) is 10.8. The molecule has 2 fully saturated rings. The van der Waals surface area contributed by atoms with Crippen LogP contribution in [-0.2, 0) is 0 Å². The maximum Gasteiger partial charge on any atom is 0.274 e. The topological polar surface area (TPSA) is 89.5 Å². The molecule has 0 spiro atoms. The highest BCUT2D eigenvalue weighted by molar-refractivity contribution is 6.33. The number of phenolic OH excluding ortho intramolecular Hbond substituents is 1. The summed E-state index contributed by atoms with van der Waals surface area (Å²) in [5, 5.41) is 17.2. The molecule has 1 aromatic carbocycles. The Morgan fingerprint density at radius 1 is 1.10 bits per heavy atom. The standard InChI is InChI=1S/C22H27ClN4O3/c1-13(2)19-10-20(25-24-19)22(30)26-7-5-14-11-27(12-15(14)6-8-26)21(29)17-9-16(28)3-4-18(17)23/h3-4,9-10,13-15,28H,5-8,11-12H2,1-2H3,(H,24,25)/t14-,15+. The van der Waals surface area contributed by atoms with Gasteiger partial charge in [0.1, 0.15) is 11.4 Å². The van der Waals surface area contributed by atoms with E-state index in [4.69, 9.17) is 11.6 Å². The highest BCUT2D eigenvalue weighted by atomic mass is 35.5. The summed E-state index contributed by atoms with van der Waals surface area (Å²) in [6, 6.07) is 6.29. The number of nitrogens with one attached hydrogen (secondary N) is 1. The lowest BCUT2D eigenvalue weighted by atomic mass is 9.92. The number of hydrogen-bond donors (Lipinski definition) is 2. The number of hydrogen-bond acceptors (Lipinski definition) is 4. The molecular weight excluding hydrogens is 404 g/mol. The first-order chi connectivity index (χ1) is 14.3. The Kier molecular flexibility index (Phi) is 5.73. The Hall–Kier alpha value is -2.54. The van der Waals surface area contributed by atoms with Gasteiger partial charge in [-0.2, -0.15) is 5.10 Å². The number of amides is 2. The number of fused-ring (bicyclic) bond motifs is 1. The summed E-state index contributed by atoms with van der Waals surface area (Å²) in [5.74, 6) is 0.865. The molecule has 7 nitrogen and oxygen atoms in total. The van der Waals surface area contributed by atoms with Crippen molar-refractivity contribution in [3.8, 4) is 5.75 Å². The van der Waals surface area contributed by atoms with Crippen molar-refractivity contribution in [2.75, 3.05) is 26.2 Å². The van der Waals surface area contributed by atoms with Crippen molar-refractivity contribution in [2.45, 2.75) is 32.6 Å². The minimum atomic E-state index is -0.144. The second-order valence-electron chi connectivity index (χ2n) is 8.63. The van der Waals surface area contributed by atoms with Crippen LogP contribution in [0.5, 0.6) is 5.75 Å². The predicted molar refractivity (Wildman–Crippen MR) is 114 cm³/mol. The average molecular weight is 431 g/mol. The van der Waals surface area contributed by atoms with Gasteiger partial charge in [0.15, 0.2) is 0 Å². The largest absolute Gasteiger partial charge is 0.508 e. The quantitative estimate of drug-likeness (QED) is 0.779. The number of likely N-dealkylation sites (tertiary alicyclic amines) is 2. The van der Waals surface area contributed by atoms with E-state index in [9.17, 15) is 14.7 Å². The summed E-state index contributed by atoms with van der Waals surface area (Å²) < 4.78 is 0. The minimum Gasteiger partial charge on any atom is -0.508 e. The molecule has 2 aromatic rings. The van der Waals surface area contributed by atoms with E-state index in [1.54, 1.807) is 6.07 Å². The van der Waals surface area contributed by atoms with Crippen molar-refractivity contribution in [3.05, 3.63) is 46.2 Å². The number of phenols is 1. The molecule has 1 aromatic heterocycles. The van der Waals surface area contributed by atoms with Gasteiger partial charge in [0, 0.05) is 31.9 Å². The third-order valence-corrected chi connectivity index (χ3v) is 6.64. The molecule has 2 aliphatic heterocycles. The molecule has 0 unspecified atom stereocenters. The second kappa shape index (κ2) is 8.30. The van der Waals surface area contributed by atoms with Crippen LogP contribution in [0.2, 0.25) is 5.02 Å². The van der Waals surface area contributed by atoms with E-state index in [0.29, 0.717) is 60.2 Å². The van der Waals surface area contributed by atoms with Gasteiger partial charge in [-0.15, -0.1) is 0 Å². The number of rotatable bonds is 3. The molecule has 8 heteroatoms. The molecule has 0 bridgehead atoms. The lowest BCUT2D eigenvalue weighted by Gasteiger charge is -2.22. The fraction of sp³-hybridized carbons (Fsp3) is 0.500. The number of benzene rings is 1. The highest BCUT2D eigenvalue weighted by Gasteiger charge is 2.38. The molecule has 0 saturated carbocycles. The Bertz CT molecular complexity index is 942. The van der Waals surface area contributed by atoms with E-state index in [2.05, 4.69) is 24.0 Å². The Balaban J connectivity index is 1.39. The van der Waals surface area contributed by atoms with Crippen molar-refractivity contribution in [2.24, 2.45) is 11.8 Å². The predicted octanol–water partition coefficient (Wildman–Crippen LogP) is 3.52. The van der Waals surface area contributed by atoms with Crippen molar-refractivity contribution in [3.63, 3.8) is 0 Å². The summed E-state index contributed by atoms with van der Waals surface area (Å²) in [6.45, 7) is 6.75. The fourth-order valence-corrected chi connectivity index (χ4v) is 4.67. The number of carbonyl (C=O) groups excluding carboxylic acids is 2. The molecule has 0 aliphatic carbocycles. The first kappa shape index (κ1) is 20.7. The number of halogens is 1. The molecule has 4 rings (SSSR count). The van der Waals surface area contributed by atoms with E-state index < -0.39 is 0 Å². The van der Waals surface area contributed by atoms with E-state index in [1.165, 1.54) is 12.1 Å². The SMILES string of the molecule is CC(C)c1cc(C(=O)N2CC[C@@H]3CN(C(=O)c4cc(O)ccc4Cl)C[C@@H]3CC2)n[nH]1. The van der Waals surface area contributed by atoms with Crippen LogP contribution in [-0.4, -0.2) is 63.1 Å². The zero-order valence-electron chi connectivity index (χ0n) is 17.3. The number of H-pyrrole nitrogens is 1. The summed E-state index contributed by atoms with van der Waals surface area (Å²) in [5.41, 5.74) is 1.77. The van der Waals surface area contributed by atoms with Gasteiger partial charge in [-0.25, -0.2) is 0 Å². The van der Waals surface area contributed by atoms with Crippen LogP contribution in [0.3, 0.4) is 0 Å². The molecule has 2 N–H and O–H groups in total. The smallest absolute Gasteiger partial charge is 0.274 e. The van der Waals surface area contributed by atoms with E-state index in [1.807, 2.05) is 15.9 Å². The zero-order valence-corrected chi connectivity index (χ0v) is 18.0. The first-order valence-electron chi connectivity index (χ1n) is 10.5. The lowest BCUT2D eigenvalue weighted by molar-refractivity contribution is 0.0730. The number of nitrogens with zero attached hydrogens (tertiary/aromatic N) is 3. The molecule has 2 amide bonds. The Morgan fingerprint density at radius 3 is 2.37 bits per heavy atom. The maximum absolute atomic E-state index is 12.9. The van der Waals surface area contributed by atoms with Crippen LogP contribution in [0, 0.1) is 11.8 Å². The van der Waals surface area contributed by atoms with Gasteiger partial charge >= 0.3 is 0 Å². The fourth-order valence-electron chi connectivity index (χ4n) is 4.47. The van der Waals surface area contributed by atoms with E-state index in [0.717, 1.165) is 18.5 Å². The maximum atomic E-state index is 12.9. The third kappa shape index (κ3) is 4.03. The zero-order chi connectivity index (χ0) is 21.4. The molecule has 3 heterocycles. The van der Waals surface area contributed by atoms with Gasteiger partial charge in [-0.05, 0) is 54.9 Å². The van der Waals surface area contributed by atoms with Crippen LogP contribution >= 0.6 is 11.6 Å². The van der Waals surface area contributed by atoms with Gasteiger partial charge in [-0.3, -0.25) is 14.7 Å². The van der Waals surface area contributed by atoms with Gasteiger partial charge in [-0.1, -0.05) is 25.4 Å². The van der Waals surface area contributed by atoms with Crippen LogP contribution in [0.25, 0.3) is 0 Å². The molecule has 160 valence electrons. The normalized spacial score (nSPS) is 21.6. The van der Waals surface area contributed by atoms with Crippen molar-refractivity contribution < 1.29 is 14.7 Å². The summed E-state index contributed by atoms with van der Waals surface area (Å²) >= 11 is 6.17. The Morgan fingerprint density at radius 2 is 1.77 bits per heavy atom. The molecular formula is C22H27ClN4O3. The van der Waals surface area contributed by atoms with Gasteiger partial charge in [0.25, 0.3) is 11.8 Å². The molecule has 2 atom stereocenters. The van der Waals surface area contributed by atoms with Gasteiger partial charge < -0.3 is 14.9 Å². The van der Waals surface area contributed by atoms with Crippen LogP contribution in [0.1, 0.15) is 59.1 Å². The van der Waals surface area contributed by atoms with Crippen LogP contribution in [0.15, 0.2) is 24.3 Å². The number of aromatic hydroxyl groups is 1. The van der Waals surface area contributed by atoms with Crippen LogP contribution in [0.4, 0.5) is 0 Å². The number of aromatic amines is 1. The van der Waals surface area contributed by atoms with E-state index >= 15 is 0 Å².